The van der Waals surface area contributed by atoms with Crippen LogP contribution in [-0.4, -0.2) is 22.9 Å². The number of benzene rings is 1. The Morgan fingerprint density at radius 1 is 1.19 bits per heavy atom. The maximum Gasteiger partial charge on any atom is 0.356 e. The van der Waals surface area contributed by atoms with Crippen molar-refractivity contribution in [3.63, 3.8) is 0 Å². The Morgan fingerprint density at radius 2 is 1.86 bits per heavy atom. The van der Waals surface area contributed by atoms with E-state index < -0.39 is 17.5 Å². The van der Waals surface area contributed by atoms with Crippen LogP contribution in [0.15, 0.2) is 18.2 Å². The van der Waals surface area contributed by atoms with Gasteiger partial charge in [-0.3, -0.25) is 0 Å². The fourth-order valence-electron chi connectivity index (χ4n) is 1.90. The number of aromatic carboxylic acids is 1. The molecule has 1 aliphatic rings. The average molecular weight is 330 g/mol. The second kappa shape index (κ2) is 5.05. The molecule has 0 saturated heterocycles. The van der Waals surface area contributed by atoms with E-state index in [0.717, 1.165) is 6.07 Å². The van der Waals surface area contributed by atoms with Gasteiger partial charge >= 0.3 is 5.97 Å². The second-order valence-corrected chi connectivity index (χ2v) is 4.95. The lowest BCUT2D eigenvalue weighted by molar-refractivity contribution is 0.0690. The Bertz CT molecular complexity index is 766. The predicted octanol–water partition coefficient (Wildman–Crippen LogP) is 3.62. The molecule has 0 radical (unpaired) electrons. The lowest BCUT2D eigenvalue weighted by atomic mass is 10.1. The quantitative estimate of drug-likeness (QED) is 0.911. The third-order valence-electron chi connectivity index (χ3n) is 2.85. The van der Waals surface area contributed by atoms with E-state index in [9.17, 15) is 9.18 Å². The molecule has 1 aromatic heterocycles. The third kappa shape index (κ3) is 2.36. The van der Waals surface area contributed by atoms with Gasteiger partial charge in [0.05, 0.1) is 10.0 Å². The number of carboxylic acids is 1. The zero-order chi connectivity index (χ0) is 15.1. The van der Waals surface area contributed by atoms with Gasteiger partial charge in [-0.05, 0) is 12.1 Å². The van der Waals surface area contributed by atoms with Crippen molar-refractivity contribution in [3.05, 3.63) is 39.8 Å². The number of carboxylic acid groups (broad SMARTS) is 1. The van der Waals surface area contributed by atoms with Crippen LogP contribution in [0.25, 0.3) is 11.3 Å². The van der Waals surface area contributed by atoms with Crippen LogP contribution in [-0.2, 0) is 0 Å². The summed E-state index contributed by atoms with van der Waals surface area (Å²) in [5.74, 6) is -1.34. The van der Waals surface area contributed by atoms with Crippen molar-refractivity contribution >= 4 is 29.2 Å². The molecule has 0 amide bonds. The fraction of sp³-hybridized carbons (Fsp3) is 0.0769. The third-order valence-corrected chi connectivity index (χ3v) is 3.45. The normalized spacial score (nSPS) is 12.5. The number of carbonyl (C=O) groups is 1. The van der Waals surface area contributed by atoms with Gasteiger partial charge in [0.25, 0.3) is 0 Å². The molecule has 1 aromatic carbocycles. The summed E-state index contributed by atoms with van der Waals surface area (Å²) in [5, 5.41) is 8.87. The first kappa shape index (κ1) is 13.9. The topological polar surface area (TPSA) is 68.7 Å². The van der Waals surface area contributed by atoms with Gasteiger partial charge in [-0.15, -0.1) is 0 Å². The first-order chi connectivity index (χ1) is 9.97. The molecule has 1 aliphatic heterocycles. The van der Waals surface area contributed by atoms with Crippen LogP contribution < -0.4 is 9.47 Å². The Labute approximate surface area is 127 Å². The summed E-state index contributed by atoms with van der Waals surface area (Å²) >= 11 is 11.7. The minimum Gasteiger partial charge on any atom is -0.476 e. The molecule has 5 nitrogen and oxygen atoms in total. The highest BCUT2D eigenvalue weighted by atomic mass is 35.5. The molecule has 108 valence electrons. The summed E-state index contributed by atoms with van der Waals surface area (Å²) < 4.78 is 24.4. The van der Waals surface area contributed by atoms with E-state index >= 15 is 0 Å². The molecule has 1 N–H and O–H groups in total. The number of pyridine rings is 1. The van der Waals surface area contributed by atoms with Crippen LogP contribution in [0.1, 0.15) is 10.5 Å². The van der Waals surface area contributed by atoms with Gasteiger partial charge in [0.15, 0.2) is 23.0 Å². The van der Waals surface area contributed by atoms with Gasteiger partial charge in [-0.1, -0.05) is 23.2 Å². The SMILES string of the molecule is O=C(O)c1nc(-c2cc3c(cc2Cl)OCO3)c(F)cc1Cl. The summed E-state index contributed by atoms with van der Waals surface area (Å²) in [7, 11) is 0. The number of ether oxygens (including phenoxy) is 2. The number of hydrogen-bond acceptors (Lipinski definition) is 4. The molecule has 0 spiro atoms. The summed E-state index contributed by atoms with van der Waals surface area (Å²) in [6.07, 6.45) is 0. The van der Waals surface area contributed by atoms with Gasteiger partial charge in [0.1, 0.15) is 5.69 Å². The predicted molar refractivity (Wildman–Crippen MR) is 72.7 cm³/mol. The smallest absolute Gasteiger partial charge is 0.356 e. The number of nitrogens with zero attached hydrogens (tertiary/aromatic N) is 1. The number of aromatic nitrogens is 1. The number of fused-ring (bicyclic) bond motifs is 1. The van der Waals surface area contributed by atoms with Crippen LogP contribution >= 0.6 is 23.2 Å². The minimum atomic E-state index is -1.36. The maximum absolute atomic E-state index is 14.0. The largest absolute Gasteiger partial charge is 0.476 e. The van der Waals surface area contributed by atoms with Crippen molar-refractivity contribution in [2.45, 2.75) is 0 Å². The van der Waals surface area contributed by atoms with E-state index in [1.165, 1.54) is 12.1 Å². The van der Waals surface area contributed by atoms with Crippen LogP contribution in [0, 0.1) is 5.82 Å². The van der Waals surface area contributed by atoms with Gasteiger partial charge < -0.3 is 14.6 Å². The van der Waals surface area contributed by atoms with Gasteiger partial charge in [0.2, 0.25) is 6.79 Å². The summed E-state index contributed by atoms with van der Waals surface area (Å²) in [5.41, 5.74) is -0.487. The zero-order valence-corrected chi connectivity index (χ0v) is 11.7. The first-order valence-corrected chi connectivity index (χ1v) is 6.42. The number of rotatable bonds is 2. The standard InChI is InChI=1S/C13H6Cl2FNO4/c14-6-3-10-9(20-4-21-10)1-5(6)11-8(16)2-7(15)12(17-11)13(18)19/h1-3H,4H2,(H,18,19). The summed E-state index contributed by atoms with van der Waals surface area (Å²) in [4.78, 5) is 14.8. The van der Waals surface area contributed by atoms with Crippen LogP contribution in [0.5, 0.6) is 11.5 Å². The van der Waals surface area contributed by atoms with Crippen LogP contribution in [0.2, 0.25) is 10.0 Å². The van der Waals surface area contributed by atoms with Crippen molar-refractivity contribution in [2.75, 3.05) is 6.79 Å². The number of hydrogen-bond donors (Lipinski definition) is 1. The highest BCUT2D eigenvalue weighted by Gasteiger charge is 2.22. The highest BCUT2D eigenvalue weighted by Crippen LogP contribution is 2.41. The monoisotopic (exact) mass is 329 g/mol. The lowest BCUT2D eigenvalue weighted by Gasteiger charge is -2.08. The second-order valence-electron chi connectivity index (χ2n) is 4.14. The van der Waals surface area contributed by atoms with E-state index in [1.807, 2.05) is 0 Å². The van der Waals surface area contributed by atoms with Crippen LogP contribution in [0.3, 0.4) is 0 Å². The molecular weight excluding hydrogens is 324 g/mol. The molecule has 0 atom stereocenters. The molecule has 0 aliphatic carbocycles. The maximum atomic E-state index is 14.0. The molecule has 0 unspecified atom stereocenters. The van der Waals surface area contributed by atoms with Crippen molar-refractivity contribution < 1.29 is 23.8 Å². The van der Waals surface area contributed by atoms with E-state index in [2.05, 4.69) is 4.98 Å². The average Bonchev–Trinajstić information content (AvgIpc) is 2.84. The molecule has 0 fully saturated rings. The van der Waals surface area contributed by atoms with Gasteiger partial charge in [-0.25, -0.2) is 14.2 Å². The molecule has 21 heavy (non-hydrogen) atoms. The van der Waals surface area contributed by atoms with Crippen LogP contribution in [0.4, 0.5) is 4.39 Å². The molecule has 0 saturated carbocycles. The molecule has 0 bridgehead atoms. The first-order valence-electron chi connectivity index (χ1n) is 5.66. The van der Waals surface area contributed by atoms with E-state index in [4.69, 9.17) is 37.8 Å². The van der Waals surface area contributed by atoms with Gasteiger partial charge in [-0.2, -0.15) is 0 Å². The van der Waals surface area contributed by atoms with Crippen molar-refractivity contribution in [1.82, 2.24) is 4.98 Å². The van der Waals surface area contributed by atoms with Crippen molar-refractivity contribution in [1.29, 1.82) is 0 Å². The zero-order valence-electron chi connectivity index (χ0n) is 10.2. The summed E-state index contributed by atoms with van der Waals surface area (Å²) in [6, 6.07) is 3.78. The van der Waals surface area contributed by atoms with E-state index in [-0.39, 0.29) is 28.1 Å². The van der Waals surface area contributed by atoms with Crippen molar-refractivity contribution in [3.8, 4) is 22.8 Å². The minimum absolute atomic E-state index is 0.0338. The Morgan fingerprint density at radius 3 is 2.52 bits per heavy atom. The molecule has 2 aromatic rings. The van der Waals surface area contributed by atoms with Gasteiger partial charge in [0, 0.05) is 11.6 Å². The Balaban J connectivity index is 2.21. The van der Waals surface area contributed by atoms with Crippen molar-refractivity contribution in [2.24, 2.45) is 0 Å². The van der Waals surface area contributed by atoms with E-state index in [1.54, 1.807) is 0 Å². The molecule has 3 rings (SSSR count). The molecular formula is C13H6Cl2FNO4. The Kier molecular flexibility index (Phi) is 3.35. The van der Waals surface area contributed by atoms with E-state index in [0.29, 0.717) is 11.5 Å². The molecule has 2 heterocycles. The number of halogens is 3. The highest BCUT2D eigenvalue weighted by molar-refractivity contribution is 6.34. The summed E-state index contributed by atoms with van der Waals surface area (Å²) in [6.45, 7) is 0.0338. The lowest BCUT2D eigenvalue weighted by Crippen LogP contribution is -2.04. The molecule has 8 heteroatoms. The fourth-order valence-corrected chi connectivity index (χ4v) is 2.37. The Hall–Kier alpha value is -2.05.